The van der Waals surface area contributed by atoms with E-state index >= 15 is 0 Å². The van der Waals surface area contributed by atoms with Crippen LogP contribution in [-0.4, -0.2) is 35.2 Å². The van der Waals surface area contributed by atoms with Gasteiger partial charge >= 0.3 is 5.69 Å². The summed E-state index contributed by atoms with van der Waals surface area (Å²) in [6, 6.07) is 5.67. The van der Waals surface area contributed by atoms with Crippen LogP contribution in [-0.2, 0) is 11.3 Å². The molecular weight excluding hydrogens is 464 g/mol. The number of amides is 2. The SMILES string of the molecule is COc1cc(OC)c(NC(=O)Cn2c(=O)n(C3CC3)c(=O)c3c(C)c(C(N)=O)ccc32)cc1Cl. The van der Waals surface area contributed by atoms with Crippen molar-refractivity contribution in [1.82, 2.24) is 9.13 Å². The van der Waals surface area contributed by atoms with Gasteiger partial charge in [0, 0.05) is 17.7 Å². The maximum Gasteiger partial charge on any atom is 0.332 e. The van der Waals surface area contributed by atoms with Gasteiger partial charge in [0.2, 0.25) is 11.8 Å². The van der Waals surface area contributed by atoms with E-state index < -0.39 is 23.1 Å². The fourth-order valence-electron chi connectivity index (χ4n) is 4.00. The molecule has 178 valence electrons. The van der Waals surface area contributed by atoms with E-state index in [9.17, 15) is 19.2 Å². The minimum atomic E-state index is -0.684. The molecule has 1 heterocycles. The van der Waals surface area contributed by atoms with Gasteiger partial charge in [-0.25, -0.2) is 4.79 Å². The first kappa shape index (κ1) is 23.4. The molecule has 1 aromatic heterocycles. The van der Waals surface area contributed by atoms with Gasteiger partial charge in [0.1, 0.15) is 18.0 Å². The maximum atomic E-state index is 13.3. The highest BCUT2D eigenvalue weighted by Gasteiger charge is 2.30. The quantitative estimate of drug-likeness (QED) is 0.525. The highest BCUT2D eigenvalue weighted by molar-refractivity contribution is 6.32. The molecule has 0 saturated heterocycles. The molecule has 2 aromatic carbocycles. The predicted molar refractivity (Wildman–Crippen MR) is 127 cm³/mol. The minimum absolute atomic E-state index is 0.180. The third-order valence-corrected chi connectivity index (χ3v) is 6.13. The number of nitrogens with one attached hydrogen (secondary N) is 1. The van der Waals surface area contributed by atoms with Gasteiger partial charge in [-0.15, -0.1) is 0 Å². The molecule has 0 spiro atoms. The number of methoxy groups -OCH3 is 2. The highest BCUT2D eigenvalue weighted by atomic mass is 35.5. The van der Waals surface area contributed by atoms with Crippen molar-refractivity contribution < 1.29 is 19.1 Å². The van der Waals surface area contributed by atoms with Crippen molar-refractivity contribution in [2.45, 2.75) is 32.4 Å². The van der Waals surface area contributed by atoms with Gasteiger partial charge in [-0.2, -0.15) is 0 Å². The highest BCUT2D eigenvalue weighted by Crippen LogP contribution is 2.36. The lowest BCUT2D eigenvalue weighted by atomic mass is 10.0. The summed E-state index contributed by atoms with van der Waals surface area (Å²) < 4.78 is 12.8. The number of nitrogens with zero attached hydrogens (tertiary/aromatic N) is 2. The van der Waals surface area contributed by atoms with E-state index in [4.69, 9.17) is 26.8 Å². The average molecular weight is 487 g/mol. The first-order valence-corrected chi connectivity index (χ1v) is 10.9. The van der Waals surface area contributed by atoms with Gasteiger partial charge in [-0.1, -0.05) is 11.6 Å². The zero-order valence-corrected chi connectivity index (χ0v) is 19.6. The summed E-state index contributed by atoms with van der Waals surface area (Å²) in [6.07, 6.45) is 1.37. The van der Waals surface area contributed by atoms with Gasteiger partial charge in [-0.05, 0) is 43.5 Å². The molecule has 1 aliphatic rings. The molecule has 1 aliphatic carbocycles. The first-order chi connectivity index (χ1) is 16.2. The summed E-state index contributed by atoms with van der Waals surface area (Å²) >= 11 is 6.18. The molecule has 4 rings (SSSR count). The third kappa shape index (κ3) is 4.01. The zero-order chi connectivity index (χ0) is 24.7. The van der Waals surface area contributed by atoms with E-state index in [1.165, 1.54) is 43.1 Å². The second-order valence-electron chi connectivity index (χ2n) is 8.01. The standard InChI is InChI=1S/C23H23ClN4O6/c1-11-13(21(25)30)6-7-16-20(11)22(31)28(12-4-5-12)23(32)27(16)10-19(29)26-15-8-14(24)17(33-2)9-18(15)34-3/h6-9,12H,4-5,10H2,1-3H3,(H2,25,30)(H,26,29). The normalized spacial score (nSPS) is 13.1. The number of carbonyl (C=O) groups excluding carboxylic acids is 2. The number of aromatic nitrogens is 2. The first-order valence-electron chi connectivity index (χ1n) is 10.5. The minimum Gasteiger partial charge on any atom is -0.495 e. The lowest BCUT2D eigenvalue weighted by Crippen LogP contribution is -2.41. The fourth-order valence-corrected chi connectivity index (χ4v) is 4.24. The molecule has 3 aromatic rings. The van der Waals surface area contributed by atoms with Crippen LogP contribution in [0.15, 0.2) is 33.9 Å². The Morgan fingerprint density at radius 1 is 1.15 bits per heavy atom. The predicted octanol–water partition coefficient (Wildman–Crippen LogP) is 2.21. The van der Waals surface area contributed by atoms with E-state index in [0.717, 1.165) is 4.57 Å². The van der Waals surface area contributed by atoms with E-state index in [1.54, 1.807) is 6.92 Å². The topological polar surface area (TPSA) is 135 Å². The number of nitrogens with two attached hydrogens (primary N) is 1. The number of aryl methyl sites for hydroxylation is 1. The van der Waals surface area contributed by atoms with Crippen LogP contribution in [0.4, 0.5) is 5.69 Å². The summed E-state index contributed by atoms with van der Waals surface area (Å²) in [5.74, 6) is -0.538. The lowest BCUT2D eigenvalue weighted by molar-refractivity contribution is -0.116. The Hall–Kier alpha value is -3.79. The molecule has 0 unspecified atom stereocenters. The Bertz CT molecular complexity index is 1450. The van der Waals surface area contributed by atoms with Crippen LogP contribution >= 0.6 is 11.6 Å². The number of primary amides is 1. The number of hydrogen-bond acceptors (Lipinski definition) is 6. The summed E-state index contributed by atoms with van der Waals surface area (Å²) in [6.45, 7) is 1.21. The average Bonchev–Trinajstić information content (AvgIpc) is 3.61. The van der Waals surface area contributed by atoms with Crippen molar-refractivity contribution in [2.75, 3.05) is 19.5 Å². The largest absolute Gasteiger partial charge is 0.495 e. The smallest absolute Gasteiger partial charge is 0.332 e. The van der Waals surface area contributed by atoms with Crippen molar-refractivity contribution >= 4 is 40.0 Å². The Labute approximate surface area is 198 Å². The Balaban J connectivity index is 1.81. The number of fused-ring (bicyclic) bond motifs is 1. The molecule has 11 heteroatoms. The Morgan fingerprint density at radius 2 is 1.82 bits per heavy atom. The number of hydrogen-bond donors (Lipinski definition) is 2. The van der Waals surface area contributed by atoms with Gasteiger partial charge in [-0.3, -0.25) is 23.5 Å². The molecule has 1 fully saturated rings. The molecule has 0 bridgehead atoms. The van der Waals surface area contributed by atoms with Gasteiger partial charge in [0.25, 0.3) is 5.56 Å². The zero-order valence-electron chi connectivity index (χ0n) is 18.8. The van der Waals surface area contributed by atoms with Crippen molar-refractivity contribution in [3.8, 4) is 11.5 Å². The summed E-state index contributed by atoms with van der Waals surface area (Å²) in [4.78, 5) is 51.3. The second kappa shape index (κ2) is 8.86. The van der Waals surface area contributed by atoms with Gasteiger partial charge in [0.15, 0.2) is 0 Å². The third-order valence-electron chi connectivity index (χ3n) is 5.83. The van der Waals surface area contributed by atoms with Crippen LogP contribution in [0.1, 0.15) is 34.8 Å². The van der Waals surface area contributed by atoms with Crippen molar-refractivity contribution in [1.29, 1.82) is 0 Å². The van der Waals surface area contributed by atoms with Crippen molar-refractivity contribution in [3.05, 3.63) is 61.3 Å². The molecular formula is C23H23ClN4O6. The molecule has 10 nitrogen and oxygen atoms in total. The summed E-state index contributed by atoms with van der Waals surface area (Å²) in [5, 5.41) is 3.14. The molecule has 0 aliphatic heterocycles. The van der Waals surface area contributed by atoms with Crippen molar-refractivity contribution in [3.63, 3.8) is 0 Å². The molecule has 1 saturated carbocycles. The summed E-state index contributed by atoms with van der Waals surface area (Å²) in [5.41, 5.74) is 5.43. The monoisotopic (exact) mass is 486 g/mol. The number of carbonyl (C=O) groups is 2. The van der Waals surface area contributed by atoms with Crippen LogP contribution in [0.25, 0.3) is 10.9 Å². The number of rotatable bonds is 7. The Morgan fingerprint density at radius 3 is 2.41 bits per heavy atom. The number of ether oxygens (including phenoxy) is 2. The second-order valence-corrected chi connectivity index (χ2v) is 8.41. The van der Waals surface area contributed by atoms with E-state index in [1.807, 2.05) is 0 Å². The number of halogens is 1. The molecule has 0 radical (unpaired) electrons. The van der Waals surface area contributed by atoms with E-state index in [2.05, 4.69) is 5.32 Å². The Kier molecular flexibility index (Phi) is 6.09. The van der Waals surface area contributed by atoms with E-state index in [0.29, 0.717) is 35.6 Å². The van der Waals surface area contributed by atoms with E-state index in [-0.39, 0.29) is 34.1 Å². The maximum absolute atomic E-state index is 13.3. The van der Waals surface area contributed by atoms with Crippen LogP contribution in [0.5, 0.6) is 11.5 Å². The molecule has 3 N–H and O–H groups in total. The van der Waals surface area contributed by atoms with Crippen LogP contribution in [0.3, 0.4) is 0 Å². The van der Waals surface area contributed by atoms with Crippen LogP contribution in [0, 0.1) is 6.92 Å². The number of benzene rings is 2. The van der Waals surface area contributed by atoms with Gasteiger partial charge in [0.05, 0.1) is 35.8 Å². The van der Waals surface area contributed by atoms with Crippen LogP contribution < -0.4 is 31.8 Å². The molecule has 2 amide bonds. The summed E-state index contributed by atoms with van der Waals surface area (Å²) in [7, 11) is 2.89. The number of anilines is 1. The van der Waals surface area contributed by atoms with Gasteiger partial charge < -0.3 is 20.5 Å². The molecule has 34 heavy (non-hydrogen) atoms. The fraction of sp³-hybridized carbons (Fsp3) is 0.304. The lowest BCUT2D eigenvalue weighted by Gasteiger charge is -2.17. The van der Waals surface area contributed by atoms with Crippen molar-refractivity contribution in [2.24, 2.45) is 5.73 Å². The molecule has 0 atom stereocenters. The van der Waals surface area contributed by atoms with Crippen LogP contribution in [0.2, 0.25) is 5.02 Å².